The predicted octanol–water partition coefficient (Wildman–Crippen LogP) is -0.774. The molecule has 0 spiro atoms. The number of hydrogen-bond acceptors (Lipinski definition) is 5. The molecule has 0 atom stereocenters. The SMILES string of the molecule is NC(CO)(CO)CO.[InH3].c1ccc(-c2ccccn2)cc1. The van der Waals surface area contributed by atoms with Crippen LogP contribution in [0.1, 0.15) is 0 Å². The van der Waals surface area contributed by atoms with Gasteiger partial charge in [-0.3, -0.25) is 4.98 Å². The molecule has 1 aromatic heterocycles. The fourth-order valence-electron chi connectivity index (χ4n) is 1.29. The largest absolute Gasteiger partial charge is 0.256 e. The molecule has 5 N–H and O–H groups in total. The molecule has 0 aliphatic rings. The quantitative estimate of drug-likeness (QED) is 0.546. The van der Waals surface area contributed by atoms with E-state index in [4.69, 9.17) is 21.1 Å². The standard InChI is InChI=1S/C11H9N.C4H11NO3.In.3H/c1-2-6-10(7-3-1)11-8-4-5-9-12-11;5-4(1-6,2-7)3-8;;;;/h1-9H;6-8H,1-3,5H2;;;;. The minimum absolute atomic E-state index is 0. The van der Waals surface area contributed by atoms with E-state index < -0.39 is 25.4 Å². The Hall–Kier alpha value is -0.920. The van der Waals surface area contributed by atoms with Gasteiger partial charge in [0.05, 0.1) is 31.1 Å². The molecule has 0 saturated heterocycles. The van der Waals surface area contributed by atoms with Crippen molar-refractivity contribution in [1.29, 1.82) is 0 Å². The normalized spacial score (nSPS) is 10.1. The molecule has 0 amide bonds. The summed E-state index contributed by atoms with van der Waals surface area (Å²) in [6.45, 7) is -1.21. The van der Waals surface area contributed by atoms with Gasteiger partial charge in [0.25, 0.3) is 0 Å². The van der Waals surface area contributed by atoms with Crippen molar-refractivity contribution in [3.63, 3.8) is 0 Å². The number of aliphatic hydroxyl groups is 3. The third-order valence-electron chi connectivity index (χ3n) is 2.68. The van der Waals surface area contributed by atoms with Gasteiger partial charge in [0.1, 0.15) is 0 Å². The fraction of sp³-hybridized carbons (Fsp3) is 0.267. The van der Waals surface area contributed by atoms with Crippen molar-refractivity contribution in [3.05, 3.63) is 54.7 Å². The number of aromatic nitrogens is 1. The van der Waals surface area contributed by atoms with E-state index in [-0.39, 0.29) is 25.8 Å². The van der Waals surface area contributed by atoms with Crippen molar-refractivity contribution in [2.24, 2.45) is 5.73 Å². The average Bonchev–Trinajstić information content (AvgIpc) is 2.56. The van der Waals surface area contributed by atoms with Crippen LogP contribution in [0.15, 0.2) is 54.7 Å². The molecule has 21 heavy (non-hydrogen) atoms. The molecule has 6 heteroatoms. The first kappa shape index (κ1) is 20.1. The molecule has 0 bridgehead atoms. The monoisotopic (exact) mass is 394 g/mol. The molecule has 0 aliphatic carbocycles. The van der Waals surface area contributed by atoms with Gasteiger partial charge in [0.2, 0.25) is 0 Å². The van der Waals surface area contributed by atoms with Crippen LogP contribution in [0.5, 0.6) is 0 Å². The molecular formula is C15H23InN2O3. The van der Waals surface area contributed by atoms with Crippen LogP contribution in [0, 0.1) is 0 Å². The molecule has 0 unspecified atom stereocenters. The molecular weight excluding hydrogens is 371 g/mol. The Morgan fingerprint density at radius 1 is 0.857 bits per heavy atom. The average molecular weight is 394 g/mol. The zero-order valence-electron chi connectivity index (χ0n) is 11.2. The van der Waals surface area contributed by atoms with Crippen LogP contribution >= 0.6 is 0 Å². The van der Waals surface area contributed by atoms with Crippen molar-refractivity contribution < 1.29 is 15.3 Å². The van der Waals surface area contributed by atoms with E-state index in [2.05, 4.69) is 17.1 Å². The Bertz CT molecular complexity index is 433. The molecule has 0 radical (unpaired) electrons. The maximum absolute atomic E-state index is 8.34. The molecule has 114 valence electrons. The van der Waals surface area contributed by atoms with E-state index in [0.717, 1.165) is 11.3 Å². The molecule has 2 rings (SSSR count). The molecule has 0 fully saturated rings. The first-order valence-electron chi connectivity index (χ1n) is 6.23. The molecule has 2 aromatic rings. The van der Waals surface area contributed by atoms with Crippen LogP contribution < -0.4 is 5.73 Å². The first-order valence-corrected chi connectivity index (χ1v) is 6.23. The number of nitrogens with zero attached hydrogens (tertiary/aromatic N) is 1. The van der Waals surface area contributed by atoms with Gasteiger partial charge >= 0.3 is 25.8 Å². The Morgan fingerprint density at radius 3 is 1.76 bits per heavy atom. The zero-order valence-corrected chi connectivity index (χ0v) is 11.2. The fourth-order valence-corrected chi connectivity index (χ4v) is 1.29. The summed E-state index contributed by atoms with van der Waals surface area (Å²) in [6, 6.07) is 16.1. The second-order valence-corrected chi connectivity index (χ2v) is 4.42. The van der Waals surface area contributed by atoms with Crippen LogP contribution in [0.2, 0.25) is 0 Å². The van der Waals surface area contributed by atoms with Crippen LogP contribution in [-0.4, -0.2) is 71.5 Å². The maximum atomic E-state index is 8.34. The van der Waals surface area contributed by atoms with E-state index in [9.17, 15) is 0 Å². The van der Waals surface area contributed by atoms with Gasteiger partial charge in [-0.25, -0.2) is 0 Å². The summed E-state index contributed by atoms with van der Waals surface area (Å²) in [5.41, 5.74) is 6.13. The summed E-state index contributed by atoms with van der Waals surface area (Å²) in [5.74, 6) is 0. The van der Waals surface area contributed by atoms with Crippen LogP contribution in [-0.2, 0) is 0 Å². The summed E-state index contributed by atoms with van der Waals surface area (Å²) in [5, 5.41) is 25.0. The van der Waals surface area contributed by atoms with Crippen LogP contribution in [0.4, 0.5) is 0 Å². The van der Waals surface area contributed by atoms with E-state index in [1.54, 1.807) is 0 Å². The number of pyridine rings is 1. The number of rotatable bonds is 4. The molecule has 1 aromatic carbocycles. The molecule has 1 heterocycles. The van der Waals surface area contributed by atoms with Gasteiger partial charge in [-0.15, -0.1) is 0 Å². The van der Waals surface area contributed by atoms with Gasteiger partial charge in [-0.05, 0) is 12.1 Å². The second kappa shape index (κ2) is 10.8. The van der Waals surface area contributed by atoms with Crippen molar-refractivity contribution in [1.82, 2.24) is 4.98 Å². The van der Waals surface area contributed by atoms with Gasteiger partial charge < -0.3 is 21.1 Å². The summed E-state index contributed by atoms with van der Waals surface area (Å²) < 4.78 is 0. The van der Waals surface area contributed by atoms with Crippen molar-refractivity contribution in [2.75, 3.05) is 19.8 Å². The van der Waals surface area contributed by atoms with Crippen LogP contribution in [0.3, 0.4) is 0 Å². The first-order chi connectivity index (χ1) is 9.65. The summed E-state index contributed by atoms with van der Waals surface area (Å²) in [4.78, 5) is 4.25. The van der Waals surface area contributed by atoms with Gasteiger partial charge in [-0.2, -0.15) is 0 Å². The number of hydrogen-bond donors (Lipinski definition) is 4. The third kappa shape index (κ3) is 7.06. The van der Waals surface area contributed by atoms with E-state index in [1.165, 1.54) is 0 Å². The second-order valence-electron chi connectivity index (χ2n) is 4.42. The summed E-state index contributed by atoms with van der Waals surface area (Å²) in [7, 11) is 0. The Kier molecular flexibility index (Phi) is 10.3. The topological polar surface area (TPSA) is 99.6 Å². The van der Waals surface area contributed by atoms with Crippen molar-refractivity contribution in [2.45, 2.75) is 5.54 Å². The molecule has 5 nitrogen and oxygen atoms in total. The zero-order chi connectivity index (χ0) is 14.8. The minimum atomic E-state index is -1.21. The van der Waals surface area contributed by atoms with Gasteiger partial charge in [0, 0.05) is 11.8 Å². The third-order valence-corrected chi connectivity index (χ3v) is 2.68. The predicted molar refractivity (Wildman–Crippen MR) is 87.8 cm³/mol. The van der Waals surface area contributed by atoms with Crippen molar-refractivity contribution in [3.8, 4) is 11.3 Å². The Labute approximate surface area is 143 Å². The Morgan fingerprint density at radius 2 is 1.38 bits per heavy atom. The smallest absolute Gasteiger partial charge is 0.0701 e. The molecule has 0 aliphatic heterocycles. The minimum Gasteiger partial charge on any atom is -0.256 e. The van der Waals surface area contributed by atoms with Crippen LogP contribution in [0.25, 0.3) is 11.3 Å². The van der Waals surface area contributed by atoms with Gasteiger partial charge in [0.15, 0.2) is 0 Å². The van der Waals surface area contributed by atoms with Crippen molar-refractivity contribution >= 4 is 25.8 Å². The number of aliphatic hydroxyl groups excluding tert-OH is 3. The van der Waals surface area contributed by atoms with E-state index in [0.29, 0.717) is 0 Å². The number of benzene rings is 1. The summed E-state index contributed by atoms with van der Waals surface area (Å²) >= 11 is 0. The maximum Gasteiger partial charge on any atom is 0.0701 e. The number of nitrogens with two attached hydrogens (primary N) is 1. The van der Waals surface area contributed by atoms with Gasteiger partial charge in [-0.1, -0.05) is 36.4 Å². The van der Waals surface area contributed by atoms with E-state index >= 15 is 0 Å². The van der Waals surface area contributed by atoms with E-state index in [1.807, 2.05) is 42.6 Å². The summed E-state index contributed by atoms with van der Waals surface area (Å²) in [6.07, 6.45) is 1.81. The Balaban J connectivity index is 0.000000397. The molecule has 0 saturated carbocycles.